The van der Waals surface area contributed by atoms with E-state index in [1.807, 2.05) is 34.7 Å². The summed E-state index contributed by atoms with van der Waals surface area (Å²) < 4.78 is 1.98. The zero-order valence-corrected chi connectivity index (χ0v) is 14.4. The van der Waals surface area contributed by atoms with Gasteiger partial charge in [0, 0.05) is 57.0 Å². The van der Waals surface area contributed by atoms with Gasteiger partial charge in [0.25, 0.3) is 0 Å². The second kappa shape index (κ2) is 6.66. The van der Waals surface area contributed by atoms with Crippen LogP contribution in [-0.4, -0.2) is 48.6 Å². The number of hydrogen-bond donors (Lipinski definition) is 1. The number of imidazole rings is 1. The van der Waals surface area contributed by atoms with Crippen molar-refractivity contribution in [3.63, 3.8) is 0 Å². The van der Waals surface area contributed by atoms with Crippen molar-refractivity contribution in [3.8, 4) is 0 Å². The molecule has 1 aliphatic rings. The number of H-pyrrole nitrogens is 1. The van der Waals surface area contributed by atoms with Gasteiger partial charge in [-0.3, -0.25) is 9.89 Å². The van der Waals surface area contributed by atoms with E-state index in [9.17, 15) is 4.79 Å². The molecule has 0 aromatic carbocycles. The maximum absolute atomic E-state index is 12.7. The SMILES string of the molecule is Cn1c(CCC(=O)N2CCC[C@H](c3ccn[nH]3)C2)nc2cccnc21. The highest BCUT2D eigenvalue weighted by molar-refractivity contribution is 5.77. The highest BCUT2D eigenvalue weighted by atomic mass is 16.2. The van der Waals surface area contributed by atoms with Crippen LogP contribution in [-0.2, 0) is 18.3 Å². The van der Waals surface area contributed by atoms with Gasteiger partial charge < -0.3 is 9.47 Å². The first-order valence-corrected chi connectivity index (χ1v) is 8.76. The monoisotopic (exact) mass is 338 g/mol. The van der Waals surface area contributed by atoms with E-state index >= 15 is 0 Å². The molecule has 25 heavy (non-hydrogen) atoms. The highest BCUT2D eigenvalue weighted by Crippen LogP contribution is 2.25. The summed E-state index contributed by atoms with van der Waals surface area (Å²) in [5, 5.41) is 7.07. The predicted octanol–water partition coefficient (Wildman–Crippen LogP) is 2.03. The van der Waals surface area contributed by atoms with Crippen molar-refractivity contribution >= 4 is 17.1 Å². The Bertz CT molecular complexity index is 869. The number of aromatic amines is 1. The average molecular weight is 338 g/mol. The number of nitrogens with one attached hydrogen (secondary N) is 1. The van der Waals surface area contributed by atoms with E-state index in [1.165, 1.54) is 0 Å². The molecule has 1 aliphatic heterocycles. The van der Waals surface area contributed by atoms with Gasteiger partial charge in [-0.25, -0.2) is 9.97 Å². The molecule has 7 nitrogen and oxygen atoms in total. The Kier molecular flexibility index (Phi) is 4.21. The van der Waals surface area contributed by atoms with E-state index < -0.39 is 0 Å². The van der Waals surface area contributed by atoms with Crippen LogP contribution < -0.4 is 0 Å². The fourth-order valence-corrected chi connectivity index (χ4v) is 3.62. The van der Waals surface area contributed by atoms with Crippen molar-refractivity contribution in [2.24, 2.45) is 7.05 Å². The summed E-state index contributed by atoms with van der Waals surface area (Å²) in [5.74, 6) is 1.47. The van der Waals surface area contributed by atoms with E-state index in [1.54, 1.807) is 12.4 Å². The normalized spacial score (nSPS) is 18.0. The molecule has 0 saturated carbocycles. The van der Waals surface area contributed by atoms with Gasteiger partial charge in [-0.1, -0.05) is 0 Å². The molecule has 3 aromatic rings. The lowest BCUT2D eigenvalue weighted by Gasteiger charge is -2.32. The number of piperidine rings is 1. The number of aromatic nitrogens is 5. The predicted molar refractivity (Wildman–Crippen MR) is 94.0 cm³/mol. The lowest BCUT2D eigenvalue weighted by Crippen LogP contribution is -2.39. The number of hydrogen-bond acceptors (Lipinski definition) is 4. The van der Waals surface area contributed by atoms with Crippen molar-refractivity contribution in [1.29, 1.82) is 0 Å². The van der Waals surface area contributed by atoms with Crippen LogP contribution in [0.25, 0.3) is 11.2 Å². The molecule has 4 rings (SSSR count). The molecule has 0 unspecified atom stereocenters. The van der Waals surface area contributed by atoms with Gasteiger partial charge in [-0.2, -0.15) is 5.10 Å². The number of aryl methyl sites for hydroxylation is 2. The van der Waals surface area contributed by atoms with Crippen molar-refractivity contribution < 1.29 is 4.79 Å². The smallest absolute Gasteiger partial charge is 0.223 e. The van der Waals surface area contributed by atoms with Crippen LogP contribution >= 0.6 is 0 Å². The van der Waals surface area contributed by atoms with E-state index in [4.69, 9.17) is 0 Å². The number of likely N-dealkylation sites (tertiary alicyclic amines) is 1. The van der Waals surface area contributed by atoms with Gasteiger partial charge in [0.2, 0.25) is 5.91 Å². The van der Waals surface area contributed by atoms with E-state index in [-0.39, 0.29) is 5.91 Å². The Morgan fingerprint density at radius 2 is 2.28 bits per heavy atom. The summed E-state index contributed by atoms with van der Waals surface area (Å²) >= 11 is 0. The number of carbonyl (C=O) groups excluding carboxylic acids is 1. The van der Waals surface area contributed by atoms with Gasteiger partial charge in [-0.05, 0) is 31.0 Å². The molecule has 0 bridgehead atoms. The summed E-state index contributed by atoms with van der Waals surface area (Å²) in [6.45, 7) is 1.61. The average Bonchev–Trinajstić information content (AvgIpc) is 3.29. The topological polar surface area (TPSA) is 79.7 Å². The Hall–Kier alpha value is -2.70. The van der Waals surface area contributed by atoms with Crippen LogP contribution in [0.3, 0.4) is 0 Å². The fourth-order valence-electron chi connectivity index (χ4n) is 3.62. The van der Waals surface area contributed by atoms with Gasteiger partial charge in [0.05, 0.1) is 0 Å². The van der Waals surface area contributed by atoms with Crippen molar-refractivity contribution in [3.05, 3.63) is 42.1 Å². The van der Waals surface area contributed by atoms with Crippen LogP contribution in [0, 0.1) is 0 Å². The third-order valence-corrected chi connectivity index (χ3v) is 5.02. The molecule has 3 aromatic heterocycles. The molecule has 4 heterocycles. The minimum atomic E-state index is 0.198. The number of pyridine rings is 1. The van der Waals surface area contributed by atoms with Crippen LogP contribution in [0.2, 0.25) is 0 Å². The number of nitrogens with zero attached hydrogens (tertiary/aromatic N) is 5. The van der Waals surface area contributed by atoms with Crippen molar-refractivity contribution in [1.82, 2.24) is 29.6 Å². The summed E-state index contributed by atoms with van der Waals surface area (Å²) in [7, 11) is 1.96. The molecule has 1 amide bonds. The lowest BCUT2D eigenvalue weighted by atomic mass is 9.94. The molecule has 0 radical (unpaired) electrons. The second-order valence-electron chi connectivity index (χ2n) is 6.62. The standard InChI is InChI=1S/C18H22N6O/c1-23-16(21-15-5-2-9-19-18(15)23)6-7-17(25)24-11-3-4-13(12-24)14-8-10-20-22-14/h2,5,8-10,13H,3-4,6-7,11-12H2,1H3,(H,20,22)/t13-/m0/s1. The lowest BCUT2D eigenvalue weighted by molar-refractivity contribution is -0.132. The number of carbonyl (C=O) groups is 1. The molecule has 130 valence electrons. The molecule has 0 spiro atoms. The molecule has 1 fully saturated rings. The number of fused-ring (bicyclic) bond motifs is 1. The quantitative estimate of drug-likeness (QED) is 0.789. The van der Waals surface area contributed by atoms with Crippen molar-refractivity contribution in [2.45, 2.75) is 31.6 Å². The largest absolute Gasteiger partial charge is 0.342 e. The minimum Gasteiger partial charge on any atom is -0.342 e. The van der Waals surface area contributed by atoms with Gasteiger partial charge in [0.15, 0.2) is 5.65 Å². The van der Waals surface area contributed by atoms with E-state index in [2.05, 4.69) is 20.2 Å². The minimum absolute atomic E-state index is 0.198. The molecule has 1 N–H and O–H groups in total. The van der Waals surface area contributed by atoms with Gasteiger partial charge in [0.1, 0.15) is 11.3 Å². The highest BCUT2D eigenvalue weighted by Gasteiger charge is 2.25. The first-order valence-electron chi connectivity index (χ1n) is 8.76. The summed E-state index contributed by atoms with van der Waals surface area (Å²) in [5.41, 5.74) is 2.87. The Morgan fingerprint density at radius 3 is 3.08 bits per heavy atom. The van der Waals surface area contributed by atoms with Crippen LogP contribution in [0.1, 0.15) is 36.7 Å². The Morgan fingerprint density at radius 1 is 1.36 bits per heavy atom. The molecular formula is C18H22N6O. The third kappa shape index (κ3) is 3.14. The Labute approximate surface area is 146 Å². The molecule has 0 aliphatic carbocycles. The van der Waals surface area contributed by atoms with Crippen molar-refractivity contribution in [2.75, 3.05) is 13.1 Å². The van der Waals surface area contributed by atoms with Crippen LogP contribution in [0.5, 0.6) is 0 Å². The number of amides is 1. The fraction of sp³-hybridized carbons (Fsp3) is 0.444. The number of rotatable bonds is 4. The zero-order chi connectivity index (χ0) is 17.2. The molecule has 1 atom stereocenters. The zero-order valence-electron chi connectivity index (χ0n) is 14.4. The maximum Gasteiger partial charge on any atom is 0.223 e. The van der Waals surface area contributed by atoms with Crippen LogP contribution in [0.15, 0.2) is 30.6 Å². The summed E-state index contributed by atoms with van der Waals surface area (Å²) in [6, 6.07) is 5.84. The summed E-state index contributed by atoms with van der Waals surface area (Å²) in [4.78, 5) is 23.6. The van der Waals surface area contributed by atoms with Gasteiger partial charge >= 0.3 is 0 Å². The third-order valence-electron chi connectivity index (χ3n) is 5.02. The maximum atomic E-state index is 12.7. The molecule has 1 saturated heterocycles. The van der Waals surface area contributed by atoms with Crippen LogP contribution in [0.4, 0.5) is 0 Å². The van der Waals surface area contributed by atoms with E-state index in [0.717, 1.165) is 48.6 Å². The molecular weight excluding hydrogens is 316 g/mol. The second-order valence-corrected chi connectivity index (χ2v) is 6.62. The summed E-state index contributed by atoms with van der Waals surface area (Å²) in [6.07, 6.45) is 6.79. The molecule has 7 heteroatoms. The van der Waals surface area contributed by atoms with Gasteiger partial charge in [-0.15, -0.1) is 0 Å². The first-order chi connectivity index (χ1) is 12.2. The first kappa shape index (κ1) is 15.8. The van der Waals surface area contributed by atoms with E-state index in [0.29, 0.717) is 18.8 Å². The Balaban J connectivity index is 1.40.